The number of rotatable bonds is 11. The van der Waals surface area contributed by atoms with Gasteiger partial charge in [0, 0.05) is 36.3 Å². The van der Waals surface area contributed by atoms with Gasteiger partial charge in [0.25, 0.3) is 0 Å². The molecule has 0 aliphatic carbocycles. The number of carbonyl (C=O) groups excluding carboxylic acids is 1. The molecule has 0 spiro atoms. The summed E-state index contributed by atoms with van der Waals surface area (Å²) in [7, 11) is 0. The fourth-order valence-corrected chi connectivity index (χ4v) is 4.77. The van der Waals surface area contributed by atoms with Crippen LogP contribution in [0.2, 0.25) is 0 Å². The predicted molar refractivity (Wildman–Crippen MR) is 146 cm³/mol. The third-order valence-corrected chi connectivity index (χ3v) is 6.61. The van der Waals surface area contributed by atoms with E-state index in [2.05, 4.69) is 60.1 Å². The number of nitrogens with zero attached hydrogens (tertiary/aromatic N) is 4. The number of unbranched alkanes of at least 4 members (excludes halogenated alkanes) is 1. The predicted octanol–water partition coefficient (Wildman–Crippen LogP) is 4.60. The second kappa shape index (κ2) is 12.5. The van der Waals surface area contributed by atoms with Crippen LogP contribution in [0.15, 0.2) is 30.6 Å². The quantitative estimate of drug-likeness (QED) is 0.166. The van der Waals surface area contributed by atoms with Crippen molar-refractivity contribution in [3.05, 3.63) is 30.6 Å². The minimum Gasteiger partial charge on any atom is -0.444 e. The first-order valence-electron chi connectivity index (χ1n) is 11.0. The van der Waals surface area contributed by atoms with Crippen molar-refractivity contribution in [3.8, 4) is 11.1 Å². The Bertz CT molecular complexity index is 1100. The third kappa shape index (κ3) is 7.92. The highest BCUT2D eigenvalue weighted by Gasteiger charge is 2.15. The molecule has 0 saturated carbocycles. The Morgan fingerprint density at radius 2 is 1.97 bits per heavy atom. The average Bonchev–Trinajstić information content (AvgIpc) is 3.20. The second-order valence-corrected chi connectivity index (χ2v) is 10.7. The Morgan fingerprint density at radius 1 is 1.15 bits per heavy atom. The molecule has 0 fully saturated rings. The summed E-state index contributed by atoms with van der Waals surface area (Å²) in [6, 6.07) is 5.98. The number of aromatic nitrogens is 4. The number of hydrogen-bond donors (Lipinski definition) is 3. The number of benzene rings is 1. The molecular weight excluding hydrogens is 568 g/mol. The van der Waals surface area contributed by atoms with E-state index >= 15 is 0 Å². The summed E-state index contributed by atoms with van der Waals surface area (Å²) in [6.45, 7) is 7.95. The SMILES string of the molecule is CC(C)(C)OC(=O)NCCCCOCCNc1cc(-c2cnnc(N)c2)cc2c1cnn2PI. The largest absolute Gasteiger partial charge is 0.444 e. The first-order valence-corrected chi connectivity index (χ1v) is 15.1. The minimum absolute atomic E-state index is 0.381. The molecule has 2 aromatic heterocycles. The van der Waals surface area contributed by atoms with E-state index in [1.165, 1.54) is 0 Å². The molecule has 0 radical (unpaired) electrons. The first kappa shape index (κ1) is 26.4. The standard InChI is InChI=1S/C22H31IN7O3P/c1-22(2,3)33-21(31)26-6-4-5-8-32-9-7-25-18-10-15(16-12-20(24)29-27-13-16)11-19-17(18)14-28-30(19)34-23/h10-14,25,34H,4-9H2,1-3H3,(H2,24,29)(H,26,31). The molecule has 1 amide bonds. The van der Waals surface area contributed by atoms with E-state index in [4.69, 9.17) is 15.2 Å². The van der Waals surface area contributed by atoms with Crippen molar-refractivity contribution in [1.82, 2.24) is 25.1 Å². The Morgan fingerprint density at radius 3 is 2.71 bits per heavy atom. The normalized spacial score (nSPS) is 11.9. The van der Waals surface area contributed by atoms with Crippen LogP contribution in [-0.4, -0.2) is 57.7 Å². The van der Waals surface area contributed by atoms with Gasteiger partial charge < -0.3 is 25.8 Å². The van der Waals surface area contributed by atoms with E-state index < -0.39 is 5.60 Å². The van der Waals surface area contributed by atoms with Gasteiger partial charge in [-0.05, 0) is 79.4 Å². The second-order valence-electron chi connectivity index (χ2n) is 8.64. The number of fused-ring (bicyclic) bond motifs is 1. The smallest absolute Gasteiger partial charge is 0.407 e. The van der Waals surface area contributed by atoms with Crippen molar-refractivity contribution >= 4 is 56.9 Å². The molecule has 0 aliphatic heterocycles. The maximum absolute atomic E-state index is 11.6. The first-order chi connectivity index (χ1) is 16.3. The fourth-order valence-electron chi connectivity index (χ4n) is 3.24. The number of hydrogen-bond acceptors (Lipinski definition) is 8. The van der Waals surface area contributed by atoms with Crippen LogP contribution in [0.25, 0.3) is 22.0 Å². The van der Waals surface area contributed by atoms with Gasteiger partial charge in [0.2, 0.25) is 0 Å². The van der Waals surface area contributed by atoms with Gasteiger partial charge in [0.15, 0.2) is 0 Å². The molecule has 184 valence electrons. The van der Waals surface area contributed by atoms with Crippen LogP contribution in [0.5, 0.6) is 0 Å². The molecule has 4 N–H and O–H groups in total. The van der Waals surface area contributed by atoms with Crippen LogP contribution in [0.1, 0.15) is 33.6 Å². The number of anilines is 2. The highest BCUT2D eigenvalue weighted by molar-refractivity contribution is 14.2. The molecule has 10 nitrogen and oxygen atoms in total. The van der Waals surface area contributed by atoms with Gasteiger partial charge in [0.05, 0.1) is 30.9 Å². The van der Waals surface area contributed by atoms with Crippen molar-refractivity contribution in [2.45, 2.75) is 39.2 Å². The number of halogens is 1. The molecule has 12 heteroatoms. The Labute approximate surface area is 214 Å². The number of alkyl carbamates (subject to hydrolysis) is 1. The highest BCUT2D eigenvalue weighted by Crippen LogP contribution is 2.35. The molecule has 0 saturated heterocycles. The number of nitrogens with two attached hydrogens (primary N) is 1. The third-order valence-electron chi connectivity index (χ3n) is 4.72. The van der Waals surface area contributed by atoms with Gasteiger partial charge in [0.1, 0.15) is 11.4 Å². The van der Waals surface area contributed by atoms with Gasteiger partial charge in [-0.15, -0.1) is 5.10 Å². The van der Waals surface area contributed by atoms with Crippen LogP contribution < -0.4 is 16.4 Å². The molecule has 1 aromatic carbocycles. The van der Waals surface area contributed by atoms with E-state index in [9.17, 15) is 4.79 Å². The molecule has 1 atom stereocenters. The number of nitrogen functional groups attached to an aromatic ring is 1. The number of carbonyl (C=O) groups is 1. The van der Waals surface area contributed by atoms with E-state index in [0.717, 1.165) is 40.6 Å². The minimum atomic E-state index is -0.483. The Balaban J connectivity index is 1.48. The highest BCUT2D eigenvalue weighted by atomic mass is 127. The van der Waals surface area contributed by atoms with Crippen LogP contribution in [0.3, 0.4) is 0 Å². The van der Waals surface area contributed by atoms with Crippen LogP contribution in [-0.2, 0) is 9.47 Å². The maximum atomic E-state index is 11.6. The lowest BCUT2D eigenvalue weighted by molar-refractivity contribution is 0.0524. The zero-order chi connectivity index (χ0) is 24.6. The molecule has 0 bridgehead atoms. The van der Waals surface area contributed by atoms with Crippen molar-refractivity contribution in [2.24, 2.45) is 0 Å². The molecular formula is C22H31IN7O3P. The molecule has 34 heavy (non-hydrogen) atoms. The van der Waals surface area contributed by atoms with Crippen molar-refractivity contribution in [1.29, 1.82) is 0 Å². The summed E-state index contributed by atoms with van der Waals surface area (Å²) < 4.78 is 12.9. The number of ether oxygens (including phenoxy) is 2. The molecule has 1 unspecified atom stereocenters. The topological polar surface area (TPSA) is 129 Å². The zero-order valence-electron chi connectivity index (χ0n) is 19.6. The monoisotopic (exact) mass is 599 g/mol. The molecule has 3 rings (SSSR count). The van der Waals surface area contributed by atoms with Gasteiger partial charge in [-0.3, -0.25) is 0 Å². The van der Waals surface area contributed by atoms with E-state index in [0.29, 0.717) is 38.5 Å². The summed E-state index contributed by atoms with van der Waals surface area (Å²) in [6.07, 6.45) is 5.37. The summed E-state index contributed by atoms with van der Waals surface area (Å²) >= 11 is 2.32. The molecule has 0 aliphatic rings. The maximum Gasteiger partial charge on any atom is 0.407 e. The van der Waals surface area contributed by atoms with Gasteiger partial charge in [-0.25, -0.2) is 9.25 Å². The van der Waals surface area contributed by atoms with E-state index in [1.807, 2.05) is 37.5 Å². The summed E-state index contributed by atoms with van der Waals surface area (Å²) in [4.78, 5) is 11.6. The van der Waals surface area contributed by atoms with E-state index in [-0.39, 0.29) is 6.09 Å². The lowest BCUT2D eigenvalue weighted by Gasteiger charge is -2.19. The van der Waals surface area contributed by atoms with Crippen LogP contribution in [0, 0.1) is 0 Å². The molecule has 2 heterocycles. The van der Waals surface area contributed by atoms with Gasteiger partial charge >= 0.3 is 6.09 Å². The van der Waals surface area contributed by atoms with E-state index in [1.54, 1.807) is 6.20 Å². The summed E-state index contributed by atoms with van der Waals surface area (Å²) in [5, 5.41) is 19.6. The molecule has 3 aromatic rings. The van der Waals surface area contributed by atoms with Crippen LogP contribution in [0.4, 0.5) is 16.3 Å². The summed E-state index contributed by atoms with van der Waals surface area (Å²) in [5.41, 5.74) is 9.26. The lowest BCUT2D eigenvalue weighted by atomic mass is 10.0. The zero-order valence-corrected chi connectivity index (χ0v) is 22.8. The van der Waals surface area contributed by atoms with Crippen molar-refractivity contribution in [2.75, 3.05) is 37.4 Å². The summed E-state index contributed by atoms with van der Waals surface area (Å²) in [5.74, 6) is 0.381. The Hall–Kier alpha value is -2.24. The number of nitrogens with one attached hydrogen (secondary N) is 2. The van der Waals surface area contributed by atoms with Crippen molar-refractivity contribution in [3.63, 3.8) is 0 Å². The van der Waals surface area contributed by atoms with Crippen LogP contribution >= 0.6 is 28.4 Å². The average molecular weight is 599 g/mol. The van der Waals surface area contributed by atoms with Gasteiger partial charge in [-0.1, -0.05) is 0 Å². The number of amides is 1. The van der Waals surface area contributed by atoms with Gasteiger partial charge in [-0.2, -0.15) is 10.2 Å². The van der Waals surface area contributed by atoms with Crippen molar-refractivity contribution < 1.29 is 14.3 Å². The Kier molecular flexibility index (Phi) is 9.66. The fraction of sp³-hybridized carbons (Fsp3) is 0.455. The lowest BCUT2D eigenvalue weighted by Crippen LogP contribution is -2.33.